The summed E-state index contributed by atoms with van der Waals surface area (Å²) in [5.41, 5.74) is 2.01. The second kappa shape index (κ2) is 5.08. The Hall–Kier alpha value is -1.04. The minimum Gasteiger partial charge on any atom is -0.390 e. The van der Waals surface area contributed by atoms with Gasteiger partial charge in [-0.15, -0.1) is 0 Å². The van der Waals surface area contributed by atoms with Gasteiger partial charge < -0.3 is 15.2 Å². The van der Waals surface area contributed by atoms with Gasteiger partial charge in [0, 0.05) is 0 Å². The highest BCUT2D eigenvalue weighted by Gasteiger charge is 2.30. The maximum Gasteiger partial charge on any atom is 0.282 e. The maximum atomic E-state index is 12.9. The zero-order valence-electron chi connectivity index (χ0n) is 9.33. The summed E-state index contributed by atoms with van der Waals surface area (Å²) in [5.74, 6) is -3.09. The molecule has 94 valence electrons. The van der Waals surface area contributed by atoms with Gasteiger partial charge in [0.25, 0.3) is 5.92 Å². The lowest BCUT2D eigenvalue weighted by atomic mass is 9.99. The van der Waals surface area contributed by atoms with E-state index in [-0.39, 0.29) is 6.04 Å². The predicted octanol–water partition coefficient (Wildman–Crippen LogP) is 1.48. The normalized spacial score (nSPS) is 20.1. The molecule has 1 aromatic carbocycles. The van der Waals surface area contributed by atoms with Crippen LogP contribution in [0.25, 0.3) is 0 Å². The van der Waals surface area contributed by atoms with E-state index >= 15 is 0 Å². The molecule has 0 spiro atoms. The Morgan fingerprint density at radius 3 is 2.94 bits per heavy atom. The van der Waals surface area contributed by atoms with Gasteiger partial charge in [0.05, 0.1) is 25.8 Å². The topological polar surface area (TPSA) is 41.5 Å². The van der Waals surface area contributed by atoms with Crippen molar-refractivity contribution >= 4 is 0 Å². The molecule has 0 bridgehead atoms. The van der Waals surface area contributed by atoms with Crippen LogP contribution in [0.4, 0.5) is 8.78 Å². The summed E-state index contributed by atoms with van der Waals surface area (Å²) in [4.78, 5) is 0. The van der Waals surface area contributed by atoms with Gasteiger partial charge in [0.15, 0.2) is 0 Å². The van der Waals surface area contributed by atoms with Gasteiger partial charge in [-0.25, -0.2) is 8.78 Å². The molecule has 3 nitrogen and oxygen atoms in total. The van der Waals surface area contributed by atoms with Crippen molar-refractivity contribution in [2.75, 3.05) is 19.8 Å². The van der Waals surface area contributed by atoms with Crippen molar-refractivity contribution in [1.82, 2.24) is 5.32 Å². The lowest BCUT2D eigenvalue weighted by Crippen LogP contribution is -2.40. The third kappa shape index (κ3) is 3.00. The van der Waals surface area contributed by atoms with Gasteiger partial charge in [-0.3, -0.25) is 0 Å². The molecule has 5 heteroatoms. The SMILES string of the molecule is OCC(F)(F)CNC1COCc2ccccc21. The van der Waals surface area contributed by atoms with E-state index in [1.165, 1.54) is 0 Å². The second-order valence-electron chi connectivity index (χ2n) is 4.16. The van der Waals surface area contributed by atoms with Crippen LogP contribution >= 0.6 is 0 Å². The zero-order chi connectivity index (χ0) is 12.3. The number of alkyl halides is 2. The number of hydrogen-bond donors (Lipinski definition) is 2. The summed E-state index contributed by atoms with van der Waals surface area (Å²) in [7, 11) is 0. The molecule has 2 rings (SSSR count). The lowest BCUT2D eigenvalue weighted by Gasteiger charge is -2.28. The number of rotatable bonds is 4. The lowest BCUT2D eigenvalue weighted by molar-refractivity contribution is -0.0522. The van der Waals surface area contributed by atoms with Crippen molar-refractivity contribution in [3.05, 3.63) is 35.4 Å². The molecule has 0 saturated carbocycles. The van der Waals surface area contributed by atoms with Crippen molar-refractivity contribution in [3.63, 3.8) is 0 Å². The van der Waals surface area contributed by atoms with Gasteiger partial charge >= 0.3 is 0 Å². The summed E-state index contributed by atoms with van der Waals surface area (Å²) < 4.78 is 31.2. The Bertz CT molecular complexity index is 385. The summed E-state index contributed by atoms with van der Waals surface area (Å²) >= 11 is 0. The van der Waals surface area contributed by atoms with Crippen LogP contribution in [0.15, 0.2) is 24.3 Å². The monoisotopic (exact) mass is 243 g/mol. The van der Waals surface area contributed by atoms with Crippen LogP contribution < -0.4 is 5.32 Å². The highest BCUT2D eigenvalue weighted by molar-refractivity contribution is 5.31. The molecule has 0 radical (unpaired) electrons. The van der Waals surface area contributed by atoms with Crippen LogP contribution in [0.3, 0.4) is 0 Å². The van der Waals surface area contributed by atoms with E-state index in [0.29, 0.717) is 13.2 Å². The predicted molar refractivity (Wildman–Crippen MR) is 58.9 cm³/mol. The van der Waals surface area contributed by atoms with E-state index in [0.717, 1.165) is 11.1 Å². The third-order valence-electron chi connectivity index (χ3n) is 2.81. The smallest absolute Gasteiger partial charge is 0.282 e. The van der Waals surface area contributed by atoms with E-state index in [9.17, 15) is 8.78 Å². The Morgan fingerprint density at radius 2 is 2.18 bits per heavy atom. The molecule has 1 atom stereocenters. The first-order chi connectivity index (χ1) is 8.12. The quantitative estimate of drug-likeness (QED) is 0.841. The first-order valence-electron chi connectivity index (χ1n) is 5.50. The van der Waals surface area contributed by atoms with Crippen molar-refractivity contribution in [2.24, 2.45) is 0 Å². The molecule has 1 aliphatic heterocycles. The summed E-state index contributed by atoms with van der Waals surface area (Å²) in [6.07, 6.45) is 0. The van der Waals surface area contributed by atoms with Crippen LogP contribution in [-0.4, -0.2) is 30.8 Å². The minimum atomic E-state index is -3.09. The fraction of sp³-hybridized carbons (Fsp3) is 0.500. The second-order valence-corrected chi connectivity index (χ2v) is 4.16. The molecule has 2 N–H and O–H groups in total. The number of nitrogens with one attached hydrogen (secondary N) is 1. The number of benzene rings is 1. The number of aliphatic hydroxyl groups is 1. The van der Waals surface area contributed by atoms with Gasteiger partial charge in [0.2, 0.25) is 0 Å². The molecule has 1 heterocycles. The molecule has 17 heavy (non-hydrogen) atoms. The van der Waals surface area contributed by atoms with Gasteiger partial charge in [0.1, 0.15) is 6.61 Å². The van der Waals surface area contributed by atoms with E-state index in [1.807, 2.05) is 24.3 Å². The minimum absolute atomic E-state index is 0.239. The number of ether oxygens (including phenoxy) is 1. The molecular formula is C12H15F2NO2. The first kappa shape index (κ1) is 12.4. The Labute approximate surface area is 98.4 Å². The Balaban J connectivity index is 2.04. The van der Waals surface area contributed by atoms with Gasteiger partial charge in [-0.05, 0) is 11.1 Å². The maximum absolute atomic E-state index is 12.9. The van der Waals surface area contributed by atoms with Crippen LogP contribution in [0.2, 0.25) is 0 Å². The molecule has 0 fully saturated rings. The summed E-state index contributed by atoms with van der Waals surface area (Å²) in [5, 5.41) is 11.2. The number of hydrogen-bond acceptors (Lipinski definition) is 3. The van der Waals surface area contributed by atoms with Crippen molar-refractivity contribution in [1.29, 1.82) is 0 Å². The largest absolute Gasteiger partial charge is 0.390 e. The van der Waals surface area contributed by atoms with Gasteiger partial charge in [-0.1, -0.05) is 24.3 Å². The fourth-order valence-corrected chi connectivity index (χ4v) is 1.88. The molecular weight excluding hydrogens is 228 g/mol. The van der Waals surface area contributed by atoms with Crippen LogP contribution in [-0.2, 0) is 11.3 Å². The first-order valence-corrected chi connectivity index (χ1v) is 5.50. The van der Waals surface area contributed by atoms with E-state index in [2.05, 4.69) is 5.32 Å². The molecule has 1 unspecified atom stereocenters. The molecule has 0 aliphatic carbocycles. The van der Waals surface area contributed by atoms with Crippen LogP contribution in [0.5, 0.6) is 0 Å². The number of halogens is 2. The van der Waals surface area contributed by atoms with Gasteiger partial charge in [-0.2, -0.15) is 0 Å². The summed E-state index contributed by atoms with van der Waals surface area (Å²) in [6.45, 7) is -0.801. The standard InChI is InChI=1S/C12H15F2NO2/c13-12(14,8-16)7-15-11-6-17-5-9-3-1-2-4-10(9)11/h1-4,11,15-16H,5-8H2. The molecule has 0 amide bonds. The van der Waals surface area contributed by atoms with Crippen molar-refractivity contribution < 1.29 is 18.6 Å². The number of fused-ring (bicyclic) bond motifs is 1. The average molecular weight is 243 g/mol. The fourth-order valence-electron chi connectivity index (χ4n) is 1.88. The Kier molecular flexibility index (Phi) is 3.71. The van der Waals surface area contributed by atoms with E-state index in [4.69, 9.17) is 9.84 Å². The van der Waals surface area contributed by atoms with E-state index in [1.54, 1.807) is 0 Å². The molecule has 1 aliphatic rings. The molecule has 1 aromatic rings. The summed E-state index contributed by atoms with van der Waals surface area (Å²) in [6, 6.07) is 7.37. The van der Waals surface area contributed by atoms with Crippen LogP contribution in [0, 0.1) is 0 Å². The van der Waals surface area contributed by atoms with Crippen LogP contribution in [0.1, 0.15) is 17.2 Å². The highest BCUT2D eigenvalue weighted by Crippen LogP contribution is 2.25. The van der Waals surface area contributed by atoms with Crippen molar-refractivity contribution in [2.45, 2.75) is 18.6 Å². The average Bonchev–Trinajstić information content (AvgIpc) is 2.36. The zero-order valence-corrected chi connectivity index (χ0v) is 9.33. The highest BCUT2D eigenvalue weighted by atomic mass is 19.3. The number of aliphatic hydroxyl groups excluding tert-OH is 1. The van der Waals surface area contributed by atoms with Crippen molar-refractivity contribution in [3.8, 4) is 0 Å². The Morgan fingerprint density at radius 1 is 1.41 bits per heavy atom. The third-order valence-corrected chi connectivity index (χ3v) is 2.81. The molecule has 0 saturated heterocycles. The van der Waals surface area contributed by atoms with E-state index < -0.39 is 19.1 Å². The molecule has 0 aromatic heterocycles.